The molecule has 0 aliphatic heterocycles. The molecular formula is C14H10BrF2IO. The Morgan fingerprint density at radius 3 is 2.53 bits per heavy atom. The summed E-state index contributed by atoms with van der Waals surface area (Å²) in [6, 6.07) is 8.87. The maximum Gasteiger partial charge on any atom is 0.137 e. The van der Waals surface area contributed by atoms with Crippen LogP contribution in [0.15, 0.2) is 40.9 Å². The summed E-state index contributed by atoms with van der Waals surface area (Å²) in [6.07, 6.45) is -0.398. The Balaban J connectivity index is 2.20. The van der Waals surface area contributed by atoms with Crippen LogP contribution in [-0.4, -0.2) is 5.11 Å². The van der Waals surface area contributed by atoms with Gasteiger partial charge >= 0.3 is 0 Å². The quantitative estimate of drug-likeness (QED) is 0.694. The smallest absolute Gasteiger partial charge is 0.137 e. The lowest BCUT2D eigenvalue weighted by atomic mass is 10.0. The Morgan fingerprint density at radius 2 is 1.89 bits per heavy atom. The molecular weight excluding hydrogens is 429 g/mol. The number of benzene rings is 2. The van der Waals surface area contributed by atoms with Crippen molar-refractivity contribution in [1.82, 2.24) is 0 Å². The van der Waals surface area contributed by atoms with Crippen LogP contribution < -0.4 is 0 Å². The van der Waals surface area contributed by atoms with Gasteiger partial charge in [-0.2, -0.15) is 0 Å². The van der Waals surface area contributed by atoms with Crippen molar-refractivity contribution in [3.05, 3.63) is 67.2 Å². The first-order chi connectivity index (χ1) is 8.97. The second-order valence-corrected chi connectivity index (χ2v) is 6.15. The largest absolute Gasteiger partial charge is 0.388 e. The van der Waals surface area contributed by atoms with Gasteiger partial charge in [0.2, 0.25) is 0 Å². The lowest BCUT2D eigenvalue weighted by Crippen LogP contribution is -2.04. The minimum atomic E-state index is -0.745. The first kappa shape index (κ1) is 14.9. The molecule has 0 aromatic heterocycles. The Kier molecular flexibility index (Phi) is 4.92. The summed E-state index contributed by atoms with van der Waals surface area (Å²) in [6.45, 7) is 0. The van der Waals surface area contributed by atoms with Crippen molar-refractivity contribution in [3.8, 4) is 0 Å². The molecule has 1 N–H and O–H groups in total. The van der Waals surface area contributed by atoms with Crippen molar-refractivity contribution < 1.29 is 13.9 Å². The molecule has 1 atom stereocenters. The second kappa shape index (κ2) is 6.28. The summed E-state index contributed by atoms with van der Waals surface area (Å²) in [4.78, 5) is 0. The summed E-state index contributed by atoms with van der Waals surface area (Å²) >= 11 is 5.10. The topological polar surface area (TPSA) is 20.2 Å². The molecule has 100 valence electrons. The molecule has 0 saturated heterocycles. The van der Waals surface area contributed by atoms with Gasteiger partial charge in [-0.3, -0.25) is 0 Å². The fourth-order valence-corrected chi connectivity index (χ4v) is 3.03. The molecule has 0 radical (unpaired) electrons. The van der Waals surface area contributed by atoms with Crippen LogP contribution in [0.4, 0.5) is 8.78 Å². The third kappa shape index (κ3) is 3.73. The highest BCUT2D eigenvalue weighted by Gasteiger charge is 2.13. The SMILES string of the molecule is OC(Cc1ccc(F)c(Br)c1)c1ccc(F)cc1I. The zero-order valence-electron chi connectivity index (χ0n) is 9.71. The zero-order valence-corrected chi connectivity index (χ0v) is 13.5. The maximum atomic E-state index is 13.1. The summed E-state index contributed by atoms with van der Waals surface area (Å²) in [5, 5.41) is 10.2. The fraction of sp³-hybridized carbons (Fsp3) is 0.143. The van der Waals surface area contributed by atoms with E-state index in [1.54, 1.807) is 18.2 Å². The summed E-state index contributed by atoms with van der Waals surface area (Å²) in [5.74, 6) is -0.667. The van der Waals surface area contributed by atoms with Crippen LogP contribution in [0.5, 0.6) is 0 Å². The highest BCUT2D eigenvalue weighted by Crippen LogP contribution is 2.26. The standard InChI is InChI=1S/C14H10BrF2IO/c15-11-5-8(1-4-12(11)17)6-14(19)10-3-2-9(16)7-13(10)18/h1-5,7,14,19H,6H2. The van der Waals surface area contributed by atoms with E-state index in [2.05, 4.69) is 15.9 Å². The highest BCUT2D eigenvalue weighted by molar-refractivity contribution is 14.1. The van der Waals surface area contributed by atoms with Crippen LogP contribution in [0.25, 0.3) is 0 Å². The Hall–Kier alpha value is -0.530. The molecule has 0 heterocycles. The Bertz CT molecular complexity index is 604. The lowest BCUT2D eigenvalue weighted by molar-refractivity contribution is 0.177. The van der Waals surface area contributed by atoms with E-state index >= 15 is 0 Å². The van der Waals surface area contributed by atoms with Gasteiger partial charge in [-0.15, -0.1) is 0 Å². The number of aliphatic hydroxyl groups excluding tert-OH is 1. The first-order valence-electron chi connectivity index (χ1n) is 5.54. The molecule has 2 aromatic rings. The van der Waals surface area contributed by atoms with Gasteiger partial charge in [0, 0.05) is 9.99 Å². The third-order valence-electron chi connectivity index (χ3n) is 2.73. The van der Waals surface area contributed by atoms with Crippen molar-refractivity contribution in [2.45, 2.75) is 12.5 Å². The van der Waals surface area contributed by atoms with E-state index in [0.717, 1.165) is 5.56 Å². The molecule has 0 fully saturated rings. The van der Waals surface area contributed by atoms with Crippen molar-refractivity contribution in [2.75, 3.05) is 0 Å². The Morgan fingerprint density at radius 1 is 1.16 bits per heavy atom. The van der Waals surface area contributed by atoms with Gasteiger partial charge in [0.15, 0.2) is 0 Å². The lowest BCUT2D eigenvalue weighted by Gasteiger charge is -2.13. The predicted octanol–water partition coefficient (Wildman–Crippen LogP) is 4.61. The minimum absolute atomic E-state index is 0.329. The van der Waals surface area contributed by atoms with Gasteiger partial charge in [0.1, 0.15) is 11.6 Å². The van der Waals surface area contributed by atoms with Crippen molar-refractivity contribution in [1.29, 1.82) is 0 Å². The van der Waals surface area contributed by atoms with E-state index in [9.17, 15) is 13.9 Å². The minimum Gasteiger partial charge on any atom is -0.388 e. The third-order valence-corrected chi connectivity index (χ3v) is 4.28. The van der Waals surface area contributed by atoms with Crippen LogP contribution in [0.3, 0.4) is 0 Å². The van der Waals surface area contributed by atoms with E-state index < -0.39 is 6.10 Å². The van der Waals surface area contributed by atoms with E-state index in [0.29, 0.717) is 20.0 Å². The van der Waals surface area contributed by atoms with E-state index in [1.165, 1.54) is 18.2 Å². The van der Waals surface area contributed by atoms with Gasteiger partial charge < -0.3 is 5.11 Å². The number of aliphatic hydroxyl groups is 1. The molecule has 0 aliphatic carbocycles. The molecule has 1 nitrogen and oxygen atoms in total. The molecule has 0 spiro atoms. The van der Waals surface area contributed by atoms with Gasteiger partial charge in [-0.05, 0) is 73.9 Å². The van der Waals surface area contributed by atoms with Crippen molar-refractivity contribution in [2.24, 2.45) is 0 Å². The van der Waals surface area contributed by atoms with Crippen LogP contribution in [-0.2, 0) is 6.42 Å². The molecule has 0 saturated carbocycles. The van der Waals surface area contributed by atoms with Crippen LogP contribution in [0.2, 0.25) is 0 Å². The summed E-state index contributed by atoms with van der Waals surface area (Å²) in [7, 11) is 0. The Labute approximate surface area is 131 Å². The predicted molar refractivity (Wildman–Crippen MR) is 81.9 cm³/mol. The van der Waals surface area contributed by atoms with Gasteiger partial charge in [-0.25, -0.2) is 8.78 Å². The number of hydrogen-bond donors (Lipinski definition) is 1. The monoisotopic (exact) mass is 438 g/mol. The van der Waals surface area contributed by atoms with E-state index in [-0.39, 0.29) is 11.6 Å². The van der Waals surface area contributed by atoms with Gasteiger partial charge in [-0.1, -0.05) is 12.1 Å². The summed E-state index contributed by atoms with van der Waals surface area (Å²) in [5.41, 5.74) is 1.48. The van der Waals surface area contributed by atoms with Crippen LogP contribution in [0, 0.1) is 15.2 Å². The fourth-order valence-electron chi connectivity index (χ4n) is 1.77. The average molecular weight is 439 g/mol. The van der Waals surface area contributed by atoms with Crippen LogP contribution >= 0.6 is 38.5 Å². The molecule has 2 rings (SSSR count). The number of halogens is 4. The number of hydrogen-bond acceptors (Lipinski definition) is 1. The van der Waals surface area contributed by atoms with E-state index in [1.807, 2.05) is 22.6 Å². The molecule has 0 bridgehead atoms. The molecule has 5 heteroatoms. The normalized spacial score (nSPS) is 12.5. The van der Waals surface area contributed by atoms with Gasteiger partial charge in [0.05, 0.1) is 10.6 Å². The van der Waals surface area contributed by atoms with Crippen molar-refractivity contribution >= 4 is 38.5 Å². The highest BCUT2D eigenvalue weighted by atomic mass is 127. The zero-order chi connectivity index (χ0) is 14.0. The molecule has 2 aromatic carbocycles. The maximum absolute atomic E-state index is 13.1. The molecule has 0 amide bonds. The first-order valence-corrected chi connectivity index (χ1v) is 7.41. The molecule has 19 heavy (non-hydrogen) atoms. The average Bonchev–Trinajstić information content (AvgIpc) is 2.33. The van der Waals surface area contributed by atoms with Gasteiger partial charge in [0.25, 0.3) is 0 Å². The molecule has 0 aliphatic rings. The summed E-state index contributed by atoms with van der Waals surface area (Å²) < 4.78 is 27.2. The van der Waals surface area contributed by atoms with E-state index in [4.69, 9.17) is 0 Å². The second-order valence-electron chi connectivity index (χ2n) is 4.13. The molecule has 1 unspecified atom stereocenters. The number of rotatable bonds is 3. The van der Waals surface area contributed by atoms with Crippen LogP contribution in [0.1, 0.15) is 17.2 Å². The van der Waals surface area contributed by atoms with Crippen molar-refractivity contribution in [3.63, 3.8) is 0 Å².